The topological polar surface area (TPSA) is 14.1 Å². The quantitative estimate of drug-likeness (QED) is 0.579. The van der Waals surface area contributed by atoms with Crippen LogP contribution in [0, 0.1) is 27.7 Å². The number of rotatable bonds is 2. The molecule has 4 heteroatoms. The van der Waals surface area contributed by atoms with Gasteiger partial charge in [-0.15, -0.1) is 0 Å². The van der Waals surface area contributed by atoms with Gasteiger partial charge in [-0.2, -0.15) is 48.5 Å². The first kappa shape index (κ1) is 30.1. The first-order chi connectivity index (χ1) is 8.99. The van der Waals surface area contributed by atoms with E-state index in [1.165, 1.54) is 22.3 Å². The fourth-order valence-corrected chi connectivity index (χ4v) is 1.66. The second kappa shape index (κ2) is 19.2. The fraction of sp³-hybridized carbons (Fsp3) is 0.444. The van der Waals surface area contributed by atoms with Gasteiger partial charge in [0.25, 0.3) is 0 Å². The Balaban J connectivity index is -0.000000105. The molecule has 0 atom stereocenters. The fourth-order valence-electron chi connectivity index (χ4n) is 1.66. The van der Waals surface area contributed by atoms with Crippen LogP contribution in [0.1, 0.15) is 36.1 Å². The van der Waals surface area contributed by atoms with Crippen LogP contribution in [0.4, 0.5) is 0 Å². The molecule has 0 aliphatic heterocycles. The minimum absolute atomic E-state index is 0. The van der Waals surface area contributed by atoms with Gasteiger partial charge in [0.05, 0.1) is 0 Å². The maximum absolute atomic E-state index is 3.97. The molecule has 0 spiro atoms. The van der Waals surface area contributed by atoms with Crippen molar-refractivity contribution in [2.24, 2.45) is 0 Å². The summed E-state index contributed by atoms with van der Waals surface area (Å²) >= 11 is 0. The zero-order valence-electron chi connectivity index (χ0n) is 14.6. The van der Waals surface area contributed by atoms with E-state index in [9.17, 15) is 0 Å². The Bertz CT molecular complexity index is 362. The van der Waals surface area contributed by atoms with E-state index in [1.807, 2.05) is 13.8 Å². The van der Waals surface area contributed by atoms with Crippen molar-refractivity contribution in [2.45, 2.75) is 41.5 Å². The van der Waals surface area contributed by atoms with E-state index in [4.69, 9.17) is 0 Å². The molecule has 0 bridgehead atoms. The third kappa shape index (κ3) is 18.2. The van der Waals surface area contributed by atoms with Crippen LogP contribution in [-0.2, 0) is 26.2 Å². The first-order valence-corrected chi connectivity index (χ1v) is 7.02. The number of hydrogen-bond donors (Lipinski definition) is 0. The van der Waals surface area contributed by atoms with Gasteiger partial charge in [0.1, 0.15) is 0 Å². The molecule has 1 nitrogen and oxygen atoms in total. The van der Waals surface area contributed by atoms with Gasteiger partial charge in [-0.05, 0) is 0 Å². The number of aryl methyl sites for hydroxylation is 4. The van der Waals surface area contributed by atoms with Gasteiger partial charge in [0, 0.05) is 0 Å². The minimum atomic E-state index is 0. The average molecular weight is 421 g/mol. The van der Waals surface area contributed by atoms with Crippen molar-refractivity contribution in [1.82, 2.24) is 0 Å². The molecule has 0 aromatic heterocycles. The average Bonchev–Trinajstić information content (AvgIpc) is 2.90. The van der Waals surface area contributed by atoms with Crippen LogP contribution in [-0.4, -0.2) is 13.1 Å². The van der Waals surface area contributed by atoms with Crippen molar-refractivity contribution in [3.05, 3.63) is 64.0 Å². The Morgan fingerprint density at radius 3 is 1.18 bits per heavy atom. The molecule has 0 saturated carbocycles. The summed E-state index contributed by atoms with van der Waals surface area (Å²) in [6.07, 6.45) is 0. The summed E-state index contributed by atoms with van der Waals surface area (Å²) in [5, 5.41) is 3.97. The van der Waals surface area contributed by atoms with Gasteiger partial charge >= 0.3 is 26.2 Å². The summed E-state index contributed by atoms with van der Waals surface area (Å²) in [5.41, 5.74) is 5.44. The smallest absolute Gasteiger partial charge is 1.00 e. The van der Waals surface area contributed by atoms with Crippen molar-refractivity contribution in [3.8, 4) is 0 Å². The molecule has 2 aromatic carbocycles. The maximum atomic E-state index is 3.97. The van der Waals surface area contributed by atoms with E-state index in [1.54, 1.807) is 0 Å². The van der Waals surface area contributed by atoms with E-state index in [2.05, 4.69) is 69.4 Å². The van der Waals surface area contributed by atoms with Crippen molar-refractivity contribution < 1.29 is 51.0 Å². The maximum Gasteiger partial charge on any atom is 3.00 e. The Morgan fingerprint density at radius 2 is 1.14 bits per heavy atom. The van der Waals surface area contributed by atoms with Gasteiger partial charge in [-0.1, -0.05) is 41.5 Å². The number of nitrogens with zero attached hydrogens (tertiary/aromatic N) is 1. The molecular formula is C18H28Cl2NZr-2. The summed E-state index contributed by atoms with van der Waals surface area (Å²) < 4.78 is 0. The first-order valence-electron chi connectivity index (χ1n) is 7.02. The Labute approximate surface area is 169 Å². The molecule has 0 fully saturated rings. The predicted molar refractivity (Wildman–Crippen MR) is 87.5 cm³/mol. The Morgan fingerprint density at radius 1 is 0.818 bits per heavy atom. The number of halogens is 2. The molecule has 0 saturated heterocycles. The van der Waals surface area contributed by atoms with E-state index in [0.717, 1.165) is 13.1 Å². The van der Waals surface area contributed by atoms with E-state index >= 15 is 0 Å². The van der Waals surface area contributed by atoms with Crippen molar-refractivity contribution in [3.63, 3.8) is 0 Å². The summed E-state index contributed by atoms with van der Waals surface area (Å²) in [5.74, 6) is 0. The van der Waals surface area contributed by atoms with E-state index in [0.29, 0.717) is 0 Å². The van der Waals surface area contributed by atoms with Gasteiger partial charge in [0.2, 0.25) is 0 Å². The standard InChI is InChI=1S/2C7H9.C4H10N.2ClH.Zr/c2*1-6-3-4-7(2)5-6;1-3-5-4-2;;;/h2*3-5H,1-2H3;3-4H2,1-2H3;2*1H;/q3*-1;;;+3/p-2. The van der Waals surface area contributed by atoms with Gasteiger partial charge in [0.15, 0.2) is 0 Å². The molecule has 0 aliphatic rings. The van der Waals surface area contributed by atoms with Crippen LogP contribution >= 0.6 is 0 Å². The van der Waals surface area contributed by atoms with Crippen LogP contribution in [0.5, 0.6) is 0 Å². The molecule has 125 valence electrons. The zero-order valence-corrected chi connectivity index (χ0v) is 18.6. The predicted octanol–water partition coefficient (Wildman–Crippen LogP) is -0.550. The molecule has 0 aliphatic carbocycles. The summed E-state index contributed by atoms with van der Waals surface area (Å²) in [4.78, 5) is 0. The van der Waals surface area contributed by atoms with Gasteiger partial charge < -0.3 is 30.1 Å². The van der Waals surface area contributed by atoms with Gasteiger partial charge in [-0.3, -0.25) is 0 Å². The second-order valence-corrected chi connectivity index (χ2v) is 4.79. The third-order valence-electron chi connectivity index (χ3n) is 2.58. The normalized spacial score (nSPS) is 7.91. The monoisotopic (exact) mass is 418 g/mol. The molecule has 0 heterocycles. The molecule has 2 rings (SSSR count). The minimum Gasteiger partial charge on any atom is -1.00 e. The van der Waals surface area contributed by atoms with Crippen LogP contribution in [0.25, 0.3) is 5.32 Å². The summed E-state index contributed by atoms with van der Waals surface area (Å²) in [6.45, 7) is 14.4. The van der Waals surface area contributed by atoms with Crippen LogP contribution < -0.4 is 24.8 Å². The van der Waals surface area contributed by atoms with Crippen LogP contribution in [0.3, 0.4) is 0 Å². The largest absolute Gasteiger partial charge is 3.00 e. The molecule has 0 amide bonds. The second-order valence-electron chi connectivity index (χ2n) is 4.79. The Hall–Kier alpha value is 0.123. The number of hydrogen-bond acceptors (Lipinski definition) is 0. The third-order valence-corrected chi connectivity index (χ3v) is 2.58. The molecule has 0 N–H and O–H groups in total. The molecule has 0 unspecified atom stereocenters. The van der Waals surface area contributed by atoms with Crippen molar-refractivity contribution >= 4 is 0 Å². The molecular weight excluding hydrogens is 392 g/mol. The van der Waals surface area contributed by atoms with E-state index in [-0.39, 0.29) is 51.0 Å². The van der Waals surface area contributed by atoms with Crippen molar-refractivity contribution in [2.75, 3.05) is 13.1 Å². The molecule has 1 radical (unpaired) electrons. The summed E-state index contributed by atoms with van der Waals surface area (Å²) in [7, 11) is 0. The van der Waals surface area contributed by atoms with Gasteiger partial charge in [-0.25, -0.2) is 23.3 Å². The SMILES string of the molecule is CC[N-]CC.Cc1cc[c-](C)c1.Cc1cc[c-](C)c1.[Cl-].[Cl-].[Zr+3]. The molecule has 2 aromatic rings. The molecule has 22 heavy (non-hydrogen) atoms. The van der Waals surface area contributed by atoms with E-state index < -0.39 is 0 Å². The van der Waals surface area contributed by atoms with Crippen molar-refractivity contribution in [1.29, 1.82) is 0 Å². The van der Waals surface area contributed by atoms with Crippen LogP contribution in [0.15, 0.2) is 36.4 Å². The Kier molecular flexibility index (Phi) is 26.2. The summed E-state index contributed by atoms with van der Waals surface area (Å²) in [6, 6.07) is 12.8. The van der Waals surface area contributed by atoms with Crippen LogP contribution in [0.2, 0.25) is 0 Å². The zero-order chi connectivity index (χ0) is 14.7.